The van der Waals surface area contributed by atoms with Crippen molar-refractivity contribution in [3.63, 3.8) is 0 Å². The highest BCUT2D eigenvalue weighted by molar-refractivity contribution is 5.93. The summed E-state index contributed by atoms with van der Waals surface area (Å²) < 4.78 is 20.2. The van der Waals surface area contributed by atoms with Crippen LogP contribution in [0, 0.1) is 5.82 Å². The Morgan fingerprint density at radius 3 is 3.00 bits per heavy atom. The lowest BCUT2D eigenvalue weighted by Gasteiger charge is -2.33. The fraction of sp³-hybridized carbons (Fsp3) is 0.269. The minimum absolute atomic E-state index is 0.190. The van der Waals surface area contributed by atoms with Gasteiger partial charge in [0.05, 0.1) is 5.52 Å². The largest absolute Gasteiger partial charge is 0.488 e. The molecular formula is C26H24FN3O. The molecule has 0 aliphatic carbocycles. The maximum Gasteiger partial charge on any atom is 0.132 e. The van der Waals surface area contributed by atoms with Crippen molar-refractivity contribution >= 4 is 27.4 Å². The number of pyridine rings is 1. The second-order valence-electron chi connectivity index (χ2n) is 8.53. The lowest BCUT2D eigenvalue weighted by atomic mass is 9.97. The van der Waals surface area contributed by atoms with E-state index in [-0.39, 0.29) is 11.9 Å². The third kappa shape index (κ3) is 3.39. The van der Waals surface area contributed by atoms with E-state index in [2.05, 4.69) is 39.1 Å². The van der Waals surface area contributed by atoms with Gasteiger partial charge in [-0.25, -0.2) is 4.39 Å². The molecule has 156 valence electrons. The van der Waals surface area contributed by atoms with Crippen molar-refractivity contribution in [1.82, 2.24) is 14.9 Å². The maximum absolute atomic E-state index is 13.7. The average Bonchev–Trinajstić information content (AvgIpc) is 3.22. The van der Waals surface area contributed by atoms with E-state index in [1.165, 1.54) is 17.2 Å². The van der Waals surface area contributed by atoms with E-state index in [9.17, 15) is 4.39 Å². The highest BCUT2D eigenvalue weighted by atomic mass is 19.1. The van der Waals surface area contributed by atoms with Crippen molar-refractivity contribution in [3.05, 3.63) is 77.9 Å². The van der Waals surface area contributed by atoms with Gasteiger partial charge in [-0.1, -0.05) is 12.1 Å². The summed E-state index contributed by atoms with van der Waals surface area (Å²) in [6, 6.07) is 13.3. The number of aryl methyl sites for hydroxylation is 1. The predicted octanol–water partition coefficient (Wildman–Crippen LogP) is 5.34. The van der Waals surface area contributed by atoms with Crippen LogP contribution in [0.3, 0.4) is 0 Å². The number of hydrogen-bond donors (Lipinski definition) is 1. The van der Waals surface area contributed by atoms with Crippen LogP contribution in [0.1, 0.15) is 24.0 Å². The van der Waals surface area contributed by atoms with Gasteiger partial charge in [-0.05, 0) is 66.8 Å². The normalized spacial score (nSPS) is 19.3. The number of nitrogens with one attached hydrogen (secondary N) is 1. The van der Waals surface area contributed by atoms with Crippen LogP contribution in [0.25, 0.3) is 27.4 Å². The molecule has 0 spiro atoms. The molecule has 2 aromatic carbocycles. The van der Waals surface area contributed by atoms with Crippen molar-refractivity contribution < 1.29 is 9.13 Å². The van der Waals surface area contributed by atoms with Crippen molar-refractivity contribution in [2.45, 2.75) is 25.4 Å². The molecule has 0 bridgehead atoms. The zero-order valence-electron chi connectivity index (χ0n) is 17.3. The van der Waals surface area contributed by atoms with Gasteiger partial charge in [0, 0.05) is 53.9 Å². The first-order valence-electron chi connectivity index (χ1n) is 11.0. The molecule has 0 saturated carbocycles. The van der Waals surface area contributed by atoms with Crippen molar-refractivity contribution in [2.75, 3.05) is 19.6 Å². The van der Waals surface area contributed by atoms with Gasteiger partial charge < -0.3 is 9.72 Å². The van der Waals surface area contributed by atoms with E-state index in [4.69, 9.17) is 4.74 Å². The molecule has 0 saturated heterocycles. The van der Waals surface area contributed by atoms with E-state index in [1.807, 2.05) is 18.5 Å². The predicted molar refractivity (Wildman–Crippen MR) is 122 cm³/mol. The lowest BCUT2D eigenvalue weighted by Crippen LogP contribution is -2.39. The van der Waals surface area contributed by atoms with Gasteiger partial charge >= 0.3 is 0 Å². The molecule has 0 radical (unpaired) electrons. The van der Waals surface area contributed by atoms with E-state index in [1.54, 1.807) is 12.1 Å². The molecule has 5 heteroatoms. The third-order valence-corrected chi connectivity index (χ3v) is 6.58. The number of H-pyrrole nitrogens is 1. The molecule has 31 heavy (non-hydrogen) atoms. The molecule has 2 aliphatic heterocycles. The van der Waals surface area contributed by atoms with Crippen LogP contribution in [0.15, 0.2) is 60.9 Å². The number of rotatable bonds is 3. The Balaban J connectivity index is 1.17. The smallest absolute Gasteiger partial charge is 0.132 e. The van der Waals surface area contributed by atoms with Crippen molar-refractivity contribution in [1.29, 1.82) is 0 Å². The fourth-order valence-corrected chi connectivity index (χ4v) is 4.95. The van der Waals surface area contributed by atoms with Gasteiger partial charge in [0.2, 0.25) is 0 Å². The van der Waals surface area contributed by atoms with Crippen LogP contribution < -0.4 is 4.74 Å². The molecule has 2 aliphatic rings. The number of aromatic amines is 1. The topological polar surface area (TPSA) is 41.2 Å². The van der Waals surface area contributed by atoms with Gasteiger partial charge in [0.25, 0.3) is 0 Å². The molecule has 4 nitrogen and oxygen atoms in total. The number of nitrogens with zero attached hydrogens (tertiary/aromatic N) is 2. The van der Waals surface area contributed by atoms with Crippen LogP contribution in [-0.2, 0) is 6.42 Å². The van der Waals surface area contributed by atoms with E-state index in [0.29, 0.717) is 0 Å². The summed E-state index contributed by atoms with van der Waals surface area (Å²) in [5, 5.41) is 2.07. The maximum atomic E-state index is 13.7. The van der Waals surface area contributed by atoms with Crippen LogP contribution in [-0.4, -0.2) is 40.6 Å². The molecule has 0 amide bonds. The Kier molecular flexibility index (Phi) is 4.50. The second kappa shape index (κ2) is 7.50. The molecular weight excluding hydrogens is 389 g/mol. The standard InChI is InChI=1S/C26H24FN3O/c27-19-5-8-25-22(14-19)23(15-29-25)17-9-12-30(13-10-17)16-20-6-3-18-4-7-24-21(26(18)31-20)2-1-11-28-24/h1-2,4-5,7-9,11,14-15,20,29H,3,6,10,12-13,16H2/t20-/m1/s1. The van der Waals surface area contributed by atoms with Gasteiger partial charge in [0.15, 0.2) is 0 Å². The monoisotopic (exact) mass is 413 g/mol. The highest BCUT2D eigenvalue weighted by Crippen LogP contribution is 2.35. The Bertz CT molecular complexity index is 1310. The van der Waals surface area contributed by atoms with Crippen molar-refractivity contribution in [3.8, 4) is 5.75 Å². The molecule has 2 aromatic heterocycles. The minimum Gasteiger partial charge on any atom is -0.488 e. The van der Waals surface area contributed by atoms with E-state index in [0.717, 1.165) is 72.0 Å². The first-order valence-corrected chi connectivity index (χ1v) is 11.0. The zero-order chi connectivity index (χ0) is 20.8. The van der Waals surface area contributed by atoms with E-state index < -0.39 is 0 Å². The number of ether oxygens (including phenoxy) is 1. The first-order chi connectivity index (χ1) is 15.2. The Morgan fingerprint density at radius 1 is 1.13 bits per heavy atom. The van der Waals surface area contributed by atoms with Gasteiger partial charge in [-0.15, -0.1) is 0 Å². The lowest BCUT2D eigenvalue weighted by molar-refractivity contribution is 0.121. The van der Waals surface area contributed by atoms with Gasteiger partial charge in [0.1, 0.15) is 17.7 Å². The SMILES string of the molecule is Fc1ccc2[nH]cc(C3=CCN(C[C@H]4CCc5ccc6ncccc6c5O4)CC3)c2c1. The summed E-state index contributed by atoms with van der Waals surface area (Å²) in [5.74, 6) is 0.819. The zero-order valence-corrected chi connectivity index (χ0v) is 17.3. The summed E-state index contributed by atoms with van der Waals surface area (Å²) >= 11 is 0. The Hall–Kier alpha value is -3.18. The number of benzene rings is 2. The molecule has 1 atom stereocenters. The van der Waals surface area contributed by atoms with Crippen LogP contribution in [0.2, 0.25) is 0 Å². The van der Waals surface area contributed by atoms with Crippen LogP contribution in [0.4, 0.5) is 4.39 Å². The molecule has 1 N–H and O–H groups in total. The average molecular weight is 413 g/mol. The summed E-state index contributed by atoms with van der Waals surface area (Å²) in [5.41, 5.74) is 5.67. The quantitative estimate of drug-likeness (QED) is 0.493. The van der Waals surface area contributed by atoms with Crippen LogP contribution >= 0.6 is 0 Å². The molecule has 6 rings (SSSR count). The number of aromatic nitrogens is 2. The summed E-state index contributed by atoms with van der Waals surface area (Å²) in [6.07, 6.45) is 9.34. The molecule has 4 aromatic rings. The number of hydrogen-bond acceptors (Lipinski definition) is 3. The Labute approximate surface area is 180 Å². The highest BCUT2D eigenvalue weighted by Gasteiger charge is 2.25. The first kappa shape index (κ1) is 18.6. The van der Waals surface area contributed by atoms with E-state index >= 15 is 0 Å². The van der Waals surface area contributed by atoms with Crippen LogP contribution in [0.5, 0.6) is 5.75 Å². The molecule has 0 fully saturated rings. The number of fused-ring (bicyclic) bond motifs is 4. The summed E-state index contributed by atoms with van der Waals surface area (Å²) in [6.45, 7) is 2.79. The Morgan fingerprint density at radius 2 is 2.10 bits per heavy atom. The van der Waals surface area contributed by atoms with Gasteiger partial charge in [-0.3, -0.25) is 9.88 Å². The summed E-state index contributed by atoms with van der Waals surface area (Å²) in [7, 11) is 0. The third-order valence-electron chi connectivity index (χ3n) is 6.58. The molecule has 0 unspecified atom stereocenters. The fourth-order valence-electron chi connectivity index (χ4n) is 4.95. The summed E-state index contributed by atoms with van der Waals surface area (Å²) in [4.78, 5) is 10.2. The minimum atomic E-state index is -0.191. The van der Waals surface area contributed by atoms with Crippen molar-refractivity contribution in [2.24, 2.45) is 0 Å². The molecule has 4 heterocycles. The second-order valence-corrected chi connectivity index (χ2v) is 8.53. The number of halogens is 1. The van der Waals surface area contributed by atoms with Gasteiger partial charge in [-0.2, -0.15) is 0 Å².